The maximum absolute atomic E-state index is 14.4. The second-order valence-electron chi connectivity index (χ2n) is 11.4. The molecule has 2 atom stereocenters. The van der Waals surface area contributed by atoms with Crippen molar-refractivity contribution in [1.82, 2.24) is 15.1 Å². The highest BCUT2D eigenvalue weighted by molar-refractivity contribution is 6.42. The summed E-state index contributed by atoms with van der Waals surface area (Å²) in [5.74, 6) is 0.115. The highest BCUT2D eigenvalue weighted by Crippen LogP contribution is 2.47. The number of nitrogens with zero attached hydrogens (tertiary/aromatic N) is 2. The fourth-order valence-electron chi connectivity index (χ4n) is 5.81. The van der Waals surface area contributed by atoms with E-state index in [-0.39, 0.29) is 28.9 Å². The molecule has 4 aliphatic rings. The van der Waals surface area contributed by atoms with Gasteiger partial charge in [0.25, 0.3) is 0 Å². The fraction of sp³-hybridized carbons (Fsp3) is 0.667. The first kappa shape index (κ1) is 25.8. The number of hydrogen-bond acceptors (Lipinski definition) is 5. The summed E-state index contributed by atoms with van der Waals surface area (Å²) in [7, 11) is 1.68. The zero-order valence-electron chi connectivity index (χ0n) is 21.0. The van der Waals surface area contributed by atoms with Gasteiger partial charge in [0.15, 0.2) is 5.78 Å². The van der Waals surface area contributed by atoms with Crippen molar-refractivity contribution in [3.8, 4) is 0 Å². The van der Waals surface area contributed by atoms with Gasteiger partial charge in [0, 0.05) is 50.5 Å². The van der Waals surface area contributed by atoms with E-state index < -0.39 is 11.6 Å². The van der Waals surface area contributed by atoms with Crippen LogP contribution in [0.5, 0.6) is 0 Å². The summed E-state index contributed by atoms with van der Waals surface area (Å²) in [6.07, 6.45) is 4.76. The number of ketones is 1. The summed E-state index contributed by atoms with van der Waals surface area (Å²) in [4.78, 5) is 43.9. The molecule has 9 heteroatoms. The van der Waals surface area contributed by atoms with Gasteiger partial charge < -0.3 is 15.0 Å². The molecule has 5 rings (SSSR count). The van der Waals surface area contributed by atoms with Crippen molar-refractivity contribution in [2.24, 2.45) is 17.3 Å². The predicted molar refractivity (Wildman–Crippen MR) is 138 cm³/mol. The molecular formula is C27H35Cl2N3O4. The van der Waals surface area contributed by atoms with Crippen LogP contribution in [0.25, 0.3) is 0 Å². The van der Waals surface area contributed by atoms with Gasteiger partial charge in [-0.1, -0.05) is 36.2 Å². The van der Waals surface area contributed by atoms with Crippen LogP contribution in [0.2, 0.25) is 10.0 Å². The minimum absolute atomic E-state index is 0.0270. The lowest BCUT2D eigenvalue weighted by molar-refractivity contribution is -0.142. The molecule has 0 spiro atoms. The van der Waals surface area contributed by atoms with E-state index in [2.05, 4.69) is 5.32 Å². The third kappa shape index (κ3) is 4.74. The molecule has 36 heavy (non-hydrogen) atoms. The Morgan fingerprint density at radius 1 is 1.11 bits per heavy atom. The van der Waals surface area contributed by atoms with E-state index in [0.29, 0.717) is 61.6 Å². The molecule has 1 aromatic carbocycles. The van der Waals surface area contributed by atoms with Gasteiger partial charge >= 0.3 is 6.09 Å². The lowest BCUT2D eigenvalue weighted by Crippen LogP contribution is -2.62. The number of hydrogen-bond donors (Lipinski definition) is 1. The van der Waals surface area contributed by atoms with Gasteiger partial charge in [-0.2, -0.15) is 0 Å². The van der Waals surface area contributed by atoms with Crippen LogP contribution in [0, 0.1) is 17.3 Å². The predicted octanol–water partition coefficient (Wildman–Crippen LogP) is 4.51. The Bertz CT molecular complexity index is 1050. The van der Waals surface area contributed by atoms with Crippen LogP contribution in [-0.2, 0) is 14.3 Å². The topological polar surface area (TPSA) is 79.0 Å². The summed E-state index contributed by atoms with van der Waals surface area (Å²) >= 11 is 12.5. The number of ether oxygens (including phenoxy) is 1. The number of piperidine rings is 1. The van der Waals surface area contributed by atoms with E-state index in [0.717, 1.165) is 31.2 Å². The fourth-order valence-corrected chi connectivity index (χ4v) is 6.12. The smallest absolute Gasteiger partial charge is 0.410 e. The molecule has 2 aliphatic carbocycles. The SMILES string of the molecule is CN(C(=O)OCC1CC1)[C@@]1(C(=O)C2CCN(C(=O)C3(C)CC3)CC2)CNC[C@@H]1c1ccc(Cl)c(Cl)c1. The average Bonchev–Trinajstić information content (AvgIpc) is 3.81. The van der Waals surface area contributed by atoms with Crippen molar-refractivity contribution >= 4 is 41.0 Å². The monoisotopic (exact) mass is 535 g/mol. The number of carbonyl (C=O) groups excluding carboxylic acids is 3. The second-order valence-corrected chi connectivity index (χ2v) is 12.2. The van der Waals surface area contributed by atoms with Crippen LogP contribution in [-0.4, -0.2) is 73.0 Å². The summed E-state index contributed by atoms with van der Waals surface area (Å²) in [5, 5.41) is 4.24. The number of likely N-dealkylation sites (N-methyl/N-ethyl adjacent to an activating group) is 1. The van der Waals surface area contributed by atoms with E-state index in [1.807, 2.05) is 17.9 Å². The number of carbonyl (C=O) groups is 3. The summed E-state index contributed by atoms with van der Waals surface area (Å²) < 4.78 is 5.63. The lowest BCUT2D eigenvalue weighted by atomic mass is 9.72. The first-order valence-electron chi connectivity index (χ1n) is 13.1. The highest BCUT2D eigenvalue weighted by atomic mass is 35.5. The molecular weight excluding hydrogens is 501 g/mol. The van der Waals surface area contributed by atoms with Crippen molar-refractivity contribution in [1.29, 1.82) is 0 Å². The maximum Gasteiger partial charge on any atom is 0.410 e. The molecule has 2 saturated heterocycles. The number of likely N-dealkylation sites (tertiary alicyclic amines) is 1. The van der Waals surface area contributed by atoms with Gasteiger partial charge in [-0.25, -0.2) is 4.79 Å². The molecule has 1 N–H and O–H groups in total. The quantitative estimate of drug-likeness (QED) is 0.555. The number of Topliss-reactive ketones (excluding diaryl/α,β-unsaturated/α-hetero) is 1. The first-order valence-corrected chi connectivity index (χ1v) is 13.8. The van der Waals surface area contributed by atoms with Crippen LogP contribution in [0.4, 0.5) is 4.79 Å². The molecule has 4 fully saturated rings. The molecule has 0 aromatic heterocycles. The Morgan fingerprint density at radius 3 is 2.42 bits per heavy atom. The minimum Gasteiger partial charge on any atom is -0.449 e. The number of rotatable bonds is 7. The number of amides is 2. The summed E-state index contributed by atoms with van der Waals surface area (Å²) in [5.41, 5.74) is -0.464. The van der Waals surface area contributed by atoms with Crippen molar-refractivity contribution in [2.45, 2.75) is 56.9 Å². The lowest BCUT2D eigenvalue weighted by Gasteiger charge is -2.44. The molecule has 2 aliphatic heterocycles. The molecule has 2 saturated carbocycles. The van der Waals surface area contributed by atoms with Crippen LogP contribution in [0.1, 0.15) is 56.9 Å². The van der Waals surface area contributed by atoms with E-state index in [1.54, 1.807) is 19.2 Å². The largest absolute Gasteiger partial charge is 0.449 e. The Hall–Kier alpha value is -1.83. The number of halogens is 2. The van der Waals surface area contributed by atoms with E-state index in [1.165, 1.54) is 4.90 Å². The average molecular weight is 537 g/mol. The van der Waals surface area contributed by atoms with Crippen molar-refractivity contribution < 1.29 is 19.1 Å². The van der Waals surface area contributed by atoms with Crippen LogP contribution in [0.15, 0.2) is 18.2 Å². The van der Waals surface area contributed by atoms with E-state index in [9.17, 15) is 14.4 Å². The minimum atomic E-state index is -1.11. The van der Waals surface area contributed by atoms with Gasteiger partial charge in [0.1, 0.15) is 5.54 Å². The van der Waals surface area contributed by atoms with Crippen molar-refractivity contribution in [3.05, 3.63) is 33.8 Å². The van der Waals surface area contributed by atoms with Gasteiger partial charge in [0.05, 0.1) is 16.7 Å². The molecule has 0 radical (unpaired) electrons. The number of nitrogens with one attached hydrogen (secondary N) is 1. The van der Waals surface area contributed by atoms with Gasteiger partial charge in [-0.3, -0.25) is 14.5 Å². The third-order valence-corrected chi connectivity index (χ3v) is 9.51. The van der Waals surface area contributed by atoms with Gasteiger partial charge in [-0.05, 0) is 62.1 Å². The molecule has 0 unspecified atom stereocenters. The summed E-state index contributed by atoms with van der Waals surface area (Å²) in [6.45, 7) is 4.42. The normalized spacial score (nSPS) is 27.6. The van der Waals surface area contributed by atoms with E-state index >= 15 is 0 Å². The maximum atomic E-state index is 14.4. The second kappa shape index (κ2) is 9.80. The van der Waals surface area contributed by atoms with E-state index in [4.69, 9.17) is 27.9 Å². The number of benzene rings is 1. The standard InChI is InChI=1S/C27H35Cl2N3O4/c1-26(9-10-26)24(34)32-11-7-18(8-12-32)23(33)27(31(2)25(35)36-15-17-3-4-17)16-30-14-20(27)19-5-6-21(28)22(29)13-19/h5-6,13,17-18,20,30H,3-4,7-12,14-16H2,1-2H3/t20-,27+/m1/s1. The molecule has 2 amide bonds. The van der Waals surface area contributed by atoms with Gasteiger partial charge in [-0.15, -0.1) is 0 Å². The Morgan fingerprint density at radius 2 is 1.81 bits per heavy atom. The first-order chi connectivity index (χ1) is 17.2. The van der Waals surface area contributed by atoms with Gasteiger partial charge in [0.2, 0.25) is 5.91 Å². The highest BCUT2D eigenvalue weighted by Gasteiger charge is 2.57. The molecule has 1 aromatic rings. The van der Waals surface area contributed by atoms with Crippen molar-refractivity contribution in [3.63, 3.8) is 0 Å². The van der Waals surface area contributed by atoms with Crippen LogP contribution < -0.4 is 5.32 Å². The summed E-state index contributed by atoms with van der Waals surface area (Å²) in [6, 6.07) is 5.42. The molecule has 7 nitrogen and oxygen atoms in total. The molecule has 196 valence electrons. The van der Waals surface area contributed by atoms with Crippen LogP contribution in [0.3, 0.4) is 0 Å². The van der Waals surface area contributed by atoms with Crippen LogP contribution >= 0.6 is 23.2 Å². The third-order valence-electron chi connectivity index (χ3n) is 8.77. The zero-order chi connectivity index (χ0) is 25.7. The molecule has 0 bridgehead atoms. The Labute approximate surface area is 222 Å². The zero-order valence-corrected chi connectivity index (χ0v) is 22.5. The van der Waals surface area contributed by atoms with Crippen molar-refractivity contribution in [2.75, 3.05) is 39.8 Å². The molecule has 2 heterocycles. The Kier molecular flexibility index (Phi) is 7.03. The Balaban J connectivity index is 1.40.